The molecule has 2 N–H and O–H groups in total. The Morgan fingerprint density at radius 3 is 2.43 bits per heavy atom. The quantitative estimate of drug-likeness (QED) is 0.690. The molecule has 2 unspecified atom stereocenters. The largest absolute Gasteiger partial charge is 0.399 e. The van der Waals surface area contributed by atoms with Gasteiger partial charge in [0, 0.05) is 23.5 Å². The molecule has 0 spiro atoms. The molecule has 2 nitrogen and oxygen atoms in total. The first kappa shape index (κ1) is 9.38. The van der Waals surface area contributed by atoms with E-state index in [0.29, 0.717) is 12.1 Å². The molecule has 0 radical (unpaired) electrons. The maximum Gasteiger partial charge on any atom is 0.0391 e. The highest BCUT2D eigenvalue weighted by Gasteiger charge is 2.27. The second-order valence-corrected chi connectivity index (χ2v) is 4.28. The summed E-state index contributed by atoms with van der Waals surface area (Å²) in [6, 6.07) is 9.48. The van der Waals surface area contributed by atoms with E-state index in [1.807, 2.05) is 12.1 Å². The van der Waals surface area contributed by atoms with E-state index in [4.69, 9.17) is 5.73 Å². The van der Waals surface area contributed by atoms with Crippen molar-refractivity contribution in [2.75, 3.05) is 10.6 Å². The van der Waals surface area contributed by atoms with Crippen LogP contribution in [0.1, 0.15) is 26.7 Å². The van der Waals surface area contributed by atoms with Crippen LogP contribution in [0, 0.1) is 0 Å². The van der Waals surface area contributed by atoms with E-state index in [2.05, 4.69) is 30.9 Å². The molecular weight excluding hydrogens is 172 g/mol. The topological polar surface area (TPSA) is 29.3 Å². The van der Waals surface area contributed by atoms with E-state index >= 15 is 0 Å². The SMILES string of the molecule is CC1CCC(C)N1c1cccc(N)c1. The highest BCUT2D eigenvalue weighted by molar-refractivity contribution is 5.57. The first-order valence-electron chi connectivity index (χ1n) is 5.32. The van der Waals surface area contributed by atoms with Gasteiger partial charge in [-0.2, -0.15) is 0 Å². The van der Waals surface area contributed by atoms with Gasteiger partial charge in [0.05, 0.1) is 0 Å². The van der Waals surface area contributed by atoms with Crippen LogP contribution in [0.15, 0.2) is 24.3 Å². The Bertz CT molecular complexity index is 312. The number of benzene rings is 1. The third kappa shape index (κ3) is 1.57. The first-order valence-corrected chi connectivity index (χ1v) is 5.32. The Morgan fingerprint density at radius 1 is 1.21 bits per heavy atom. The molecule has 0 aromatic heterocycles. The maximum atomic E-state index is 5.79. The van der Waals surface area contributed by atoms with Crippen LogP contribution < -0.4 is 10.6 Å². The molecule has 0 amide bonds. The van der Waals surface area contributed by atoms with Crippen LogP contribution in [-0.2, 0) is 0 Å². The average molecular weight is 190 g/mol. The summed E-state index contributed by atoms with van der Waals surface area (Å²) in [5.41, 5.74) is 7.91. The number of nitrogen functional groups attached to an aromatic ring is 1. The lowest BCUT2D eigenvalue weighted by molar-refractivity contribution is 0.694. The second kappa shape index (κ2) is 3.52. The zero-order chi connectivity index (χ0) is 10.1. The molecule has 1 fully saturated rings. The van der Waals surface area contributed by atoms with Gasteiger partial charge >= 0.3 is 0 Å². The highest BCUT2D eigenvalue weighted by atomic mass is 15.2. The lowest BCUT2D eigenvalue weighted by atomic mass is 10.2. The fourth-order valence-corrected chi connectivity index (χ4v) is 2.39. The van der Waals surface area contributed by atoms with Gasteiger partial charge in [-0.3, -0.25) is 0 Å². The lowest BCUT2D eigenvalue weighted by Crippen LogP contribution is -2.32. The summed E-state index contributed by atoms with van der Waals surface area (Å²) in [6.07, 6.45) is 2.58. The Hall–Kier alpha value is -1.18. The van der Waals surface area contributed by atoms with Gasteiger partial charge in [0.15, 0.2) is 0 Å². The predicted molar refractivity (Wildman–Crippen MR) is 61.5 cm³/mol. The van der Waals surface area contributed by atoms with Gasteiger partial charge in [0.1, 0.15) is 0 Å². The lowest BCUT2D eigenvalue weighted by Gasteiger charge is -2.28. The van der Waals surface area contributed by atoms with E-state index < -0.39 is 0 Å². The maximum absolute atomic E-state index is 5.79. The Morgan fingerprint density at radius 2 is 1.86 bits per heavy atom. The molecule has 0 saturated carbocycles. The van der Waals surface area contributed by atoms with Gasteiger partial charge in [0.25, 0.3) is 0 Å². The van der Waals surface area contributed by atoms with Crippen molar-refractivity contribution in [2.45, 2.75) is 38.8 Å². The number of hydrogen-bond acceptors (Lipinski definition) is 2. The fourth-order valence-electron chi connectivity index (χ4n) is 2.39. The van der Waals surface area contributed by atoms with Gasteiger partial charge in [-0.25, -0.2) is 0 Å². The zero-order valence-electron chi connectivity index (χ0n) is 8.90. The molecule has 1 saturated heterocycles. The molecule has 2 atom stereocenters. The molecule has 1 aromatic carbocycles. The van der Waals surface area contributed by atoms with Crippen LogP contribution in [0.2, 0.25) is 0 Å². The molecule has 1 heterocycles. The molecule has 0 bridgehead atoms. The van der Waals surface area contributed by atoms with Crippen molar-refractivity contribution >= 4 is 11.4 Å². The Balaban J connectivity index is 2.29. The smallest absolute Gasteiger partial charge is 0.0391 e. The number of hydrogen-bond donors (Lipinski definition) is 1. The Kier molecular flexibility index (Phi) is 2.36. The van der Waals surface area contributed by atoms with Crippen LogP contribution in [0.5, 0.6) is 0 Å². The highest BCUT2D eigenvalue weighted by Crippen LogP contribution is 2.30. The molecule has 2 rings (SSSR count). The molecular formula is C12H18N2. The van der Waals surface area contributed by atoms with E-state index in [1.54, 1.807) is 0 Å². The van der Waals surface area contributed by atoms with Gasteiger partial charge < -0.3 is 10.6 Å². The minimum absolute atomic E-state index is 0.645. The minimum Gasteiger partial charge on any atom is -0.399 e. The van der Waals surface area contributed by atoms with Crippen LogP contribution in [0.4, 0.5) is 11.4 Å². The van der Waals surface area contributed by atoms with Crippen molar-refractivity contribution in [2.24, 2.45) is 0 Å². The van der Waals surface area contributed by atoms with Gasteiger partial charge in [0.2, 0.25) is 0 Å². The summed E-state index contributed by atoms with van der Waals surface area (Å²) >= 11 is 0. The summed E-state index contributed by atoms with van der Waals surface area (Å²) in [7, 11) is 0. The number of anilines is 2. The third-order valence-electron chi connectivity index (χ3n) is 3.12. The molecule has 1 aliphatic rings. The Labute approximate surface area is 85.7 Å². The predicted octanol–water partition coefficient (Wildman–Crippen LogP) is 2.65. The molecule has 1 aromatic rings. The van der Waals surface area contributed by atoms with Crippen molar-refractivity contribution in [1.29, 1.82) is 0 Å². The number of nitrogens with two attached hydrogens (primary N) is 1. The van der Waals surface area contributed by atoms with Gasteiger partial charge in [-0.05, 0) is 44.9 Å². The number of nitrogens with zero attached hydrogens (tertiary/aromatic N) is 1. The molecule has 14 heavy (non-hydrogen) atoms. The molecule has 2 heteroatoms. The fraction of sp³-hybridized carbons (Fsp3) is 0.500. The van der Waals surface area contributed by atoms with Crippen LogP contribution in [-0.4, -0.2) is 12.1 Å². The van der Waals surface area contributed by atoms with Crippen molar-refractivity contribution in [1.82, 2.24) is 0 Å². The van der Waals surface area contributed by atoms with Crippen molar-refractivity contribution in [3.05, 3.63) is 24.3 Å². The summed E-state index contributed by atoms with van der Waals surface area (Å²) in [5.74, 6) is 0. The van der Waals surface area contributed by atoms with E-state index in [1.165, 1.54) is 18.5 Å². The average Bonchev–Trinajstić information content (AvgIpc) is 2.46. The van der Waals surface area contributed by atoms with E-state index in [0.717, 1.165) is 5.69 Å². The van der Waals surface area contributed by atoms with Gasteiger partial charge in [-0.15, -0.1) is 0 Å². The monoisotopic (exact) mass is 190 g/mol. The van der Waals surface area contributed by atoms with E-state index in [-0.39, 0.29) is 0 Å². The second-order valence-electron chi connectivity index (χ2n) is 4.28. The van der Waals surface area contributed by atoms with Crippen molar-refractivity contribution < 1.29 is 0 Å². The van der Waals surface area contributed by atoms with Crippen LogP contribution in [0.3, 0.4) is 0 Å². The molecule has 76 valence electrons. The normalized spacial score (nSPS) is 26.9. The minimum atomic E-state index is 0.645. The van der Waals surface area contributed by atoms with Crippen LogP contribution in [0.25, 0.3) is 0 Å². The van der Waals surface area contributed by atoms with Crippen LogP contribution >= 0.6 is 0 Å². The number of rotatable bonds is 1. The van der Waals surface area contributed by atoms with E-state index in [9.17, 15) is 0 Å². The molecule has 1 aliphatic heterocycles. The standard InChI is InChI=1S/C12H18N2/c1-9-6-7-10(2)14(9)12-5-3-4-11(13)8-12/h3-5,8-10H,6-7,13H2,1-2H3. The molecule has 0 aliphatic carbocycles. The van der Waals surface area contributed by atoms with Crippen molar-refractivity contribution in [3.8, 4) is 0 Å². The first-order chi connectivity index (χ1) is 6.68. The summed E-state index contributed by atoms with van der Waals surface area (Å²) < 4.78 is 0. The van der Waals surface area contributed by atoms with Gasteiger partial charge in [-0.1, -0.05) is 6.07 Å². The third-order valence-corrected chi connectivity index (χ3v) is 3.12. The summed E-state index contributed by atoms with van der Waals surface area (Å²) in [4.78, 5) is 2.47. The van der Waals surface area contributed by atoms with Crippen molar-refractivity contribution in [3.63, 3.8) is 0 Å². The zero-order valence-corrected chi connectivity index (χ0v) is 8.90. The summed E-state index contributed by atoms with van der Waals surface area (Å²) in [5, 5.41) is 0. The summed E-state index contributed by atoms with van der Waals surface area (Å²) in [6.45, 7) is 4.57.